The largest absolute Gasteiger partial charge is 0.465 e. The van der Waals surface area contributed by atoms with E-state index in [0.717, 1.165) is 11.8 Å². The van der Waals surface area contributed by atoms with Crippen LogP contribution >= 0.6 is 11.8 Å². The molecule has 2 N–H and O–H groups in total. The standard InChI is InChI=1S/C7H13NO3S/c1-4-11-5(9)7(2,3)12-6(8)10/h4H2,1-3H3,(H2,8,10). The number of carbonyl (C=O) groups is 2. The zero-order valence-electron chi connectivity index (χ0n) is 7.42. The zero-order chi connectivity index (χ0) is 9.78. The Morgan fingerprint density at radius 2 is 2.00 bits per heavy atom. The van der Waals surface area contributed by atoms with Crippen molar-refractivity contribution in [2.45, 2.75) is 25.5 Å². The Morgan fingerprint density at radius 1 is 1.50 bits per heavy atom. The molecule has 0 atom stereocenters. The highest BCUT2D eigenvalue weighted by Gasteiger charge is 2.32. The number of primary amides is 1. The first-order valence-electron chi connectivity index (χ1n) is 3.56. The number of thioether (sulfide) groups is 1. The number of hydrogen-bond acceptors (Lipinski definition) is 4. The Kier molecular flexibility index (Phi) is 4.09. The van der Waals surface area contributed by atoms with Gasteiger partial charge in [0.15, 0.2) is 0 Å². The molecule has 0 rings (SSSR count). The molecule has 12 heavy (non-hydrogen) atoms. The summed E-state index contributed by atoms with van der Waals surface area (Å²) >= 11 is 0.769. The van der Waals surface area contributed by atoms with Gasteiger partial charge in [0.2, 0.25) is 0 Å². The van der Waals surface area contributed by atoms with Crippen molar-refractivity contribution in [2.75, 3.05) is 6.61 Å². The van der Waals surface area contributed by atoms with E-state index in [-0.39, 0.29) is 0 Å². The number of carbonyl (C=O) groups excluding carboxylic acids is 2. The van der Waals surface area contributed by atoms with Crippen molar-refractivity contribution in [1.29, 1.82) is 0 Å². The molecule has 0 saturated heterocycles. The van der Waals surface area contributed by atoms with Gasteiger partial charge in [-0.3, -0.25) is 9.59 Å². The third-order valence-corrected chi connectivity index (χ3v) is 2.00. The molecule has 0 saturated carbocycles. The van der Waals surface area contributed by atoms with Crippen LogP contribution in [-0.2, 0) is 9.53 Å². The predicted molar refractivity (Wildman–Crippen MR) is 47.9 cm³/mol. The van der Waals surface area contributed by atoms with Crippen LogP contribution in [-0.4, -0.2) is 22.6 Å². The van der Waals surface area contributed by atoms with Gasteiger partial charge in [0.1, 0.15) is 4.75 Å². The lowest BCUT2D eigenvalue weighted by atomic mass is 10.2. The van der Waals surface area contributed by atoms with E-state index in [0.29, 0.717) is 6.61 Å². The van der Waals surface area contributed by atoms with Crippen LogP contribution < -0.4 is 5.73 Å². The number of nitrogens with two attached hydrogens (primary N) is 1. The zero-order valence-corrected chi connectivity index (χ0v) is 8.23. The molecule has 4 nitrogen and oxygen atoms in total. The quantitative estimate of drug-likeness (QED) is 0.679. The highest BCUT2D eigenvalue weighted by molar-refractivity contribution is 8.15. The van der Waals surface area contributed by atoms with E-state index in [1.54, 1.807) is 20.8 Å². The normalized spacial score (nSPS) is 10.9. The summed E-state index contributed by atoms with van der Waals surface area (Å²) in [6.45, 7) is 5.21. The van der Waals surface area contributed by atoms with Crippen LogP contribution in [0.15, 0.2) is 0 Å². The topological polar surface area (TPSA) is 69.4 Å². The minimum Gasteiger partial charge on any atom is -0.465 e. The van der Waals surface area contributed by atoms with Gasteiger partial charge in [-0.1, -0.05) is 0 Å². The molecule has 0 aliphatic rings. The maximum absolute atomic E-state index is 11.1. The summed E-state index contributed by atoms with van der Waals surface area (Å²) in [7, 11) is 0. The number of amides is 1. The second-order valence-corrected chi connectivity index (χ2v) is 4.28. The Morgan fingerprint density at radius 3 is 2.33 bits per heavy atom. The van der Waals surface area contributed by atoms with E-state index in [1.807, 2.05) is 0 Å². The molecule has 0 aliphatic heterocycles. The van der Waals surface area contributed by atoms with Gasteiger partial charge in [-0.25, -0.2) is 0 Å². The number of ether oxygens (including phenoxy) is 1. The molecular weight excluding hydrogens is 178 g/mol. The molecule has 5 heteroatoms. The first-order valence-corrected chi connectivity index (χ1v) is 4.37. The fourth-order valence-corrected chi connectivity index (χ4v) is 1.24. The van der Waals surface area contributed by atoms with Crippen molar-refractivity contribution in [3.05, 3.63) is 0 Å². The molecule has 0 aromatic heterocycles. The van der Waals surface area contributed by atoms with E-state index in [4.69, 9.17) is 10.5 Å². The smallest absolute Gasteiger partial charge is 0.322 e. The summed E-state index contributed by atoms with van der Waals surface area (Å²) in [5, 5.41) is -0.576. The summed E-state index contributed by atoms with van der Waals surface area (Å²) in [6, 6.07) is 0. The molecule has 0 bridgehead atoms. The average Bonchev–Trinajstić information content (AvgIpc) is 1.85. The molecule has 0 fully saturated rings. The van der Waals surface area contributed by atoms with E-state index in [1.165, 1.54) is 0 Å². The molecular formula is C7H13NO3S. The molecule has 0 unspecified atom stereocenters. The first kappa shape index (κ1) is 11.3. The van der Waals surface area contributed by atoms with Gasteiger partial charge in [0.05, 0.1) is 6.61 Å². The van der Waals surface area contributed by atoms with Crippen LogP contribution in [0.5, 0.6) is 0 Å². The maximum atomic E-state index is 11.1. The molecule has 0 heterocycles. The fraction of sp³-hybridized carbons (Fsp3) is 0.714. The molecule has 0 aromatic rings. The number of hydrogen-bond donors (Lipinski definition) is 1. The van der Waals surface area contributed by atoms with Gasteiger partial charge < -0.3 is 10.5 Å². The van der Waals surface area contributed by atoms with E-state index in [9.17, 15) is 9.59 Å². The lowest BCUT2D eigenvalue weighted by molar-refractivity contribution is -0.145. The summed E-state index contributed by atoms with van der Waals surface area (Å²) in [5.74, 6) is -0.422. The highest BCUT2D eigenvalue weighted by atomic mass is 32.2. The van der Waals surface area contributed by atoms with Crippen LogP contribution in [0, 0.1) is 0 Å². The van der Waals surface area contributed by atoms with Gasteiger partial charge >= 0.3 is 5.97 Å². The monoisotopic (exact) mass is 191 g/mol. The molecule has 0 aliphatic carbocycles. The molecule has 0 radical (unpaired) electrons. The SMILES string of the molecule is CCOC(=O)C(C)(C)SC(N)=O. The van der Waals surface area contributed by atoms with Crippen LogP contribution in [0.25, 0.3) is 0 Å². The fourth-order valence-electron chi connectivity index (χ4n) is 0.598. The van der Waals surface area contributed by atoms with E-state index >= 15 is 0 Å². The third kappa shape index (κ3) is 3.61. The van der Waals surface area contributed by atoms with Crippen LogP contribution in [0.3, 0.4) is 0 Å². The molecule has 1 amide bonds. The summed E-state index contributed by atoms with van der Waals surface area (Å²) in [5.41, 5.74) is 4.93. The third-order valence-electron chi connectivity index (χ3n) is 1.12. The van der Waals surface area contributed by atoms with Gasteiger partial charge in [-0.05, 0) is 32.5 Å². The Bertz CT molecular complexity index is 191. The Balaban J connectivity index is 4.18. The average molecular weight is 191 g/mol. The van der Waals surface area contributed by atoms with Gasteiger partial charge in [0.25, 0.3) is 5.24 Å². The molecule has 0 aromatic carbocycles. The van der Waals surface area contributed by atoms with Crippen molar-refractivity contribution < 1.29 is 14.3 Å². The Labute approximate surface area is 75.8 Å². The lowest BCUT2D eigenvalue weighted by Crippen LogP contribution is -2.32. The van der Waals surface area contributed by atoms with Crippen molar-refractivity contribution in [1.82, 2.24) is 0 Å². The van der Waals surface area contributed by atoms with Gasteiger partial charge in [-0.15, -0.1) is 0 Å². The van der Waals surface area contributed by atoms with Crippen LogP contribution in [0.1, 0.15) is 20.8 Å². The molecule has 0 spiro atoms. The van der Waals surface area contributed by atoms with E-state index < -0.39 is 16.0 Å². The maximum Gasteiger partial charge on any atom is 0.322 e. The van der Waals surface area contributed by atoms with Crippen molar-refractivity contribution >= 4 is 23.0 Å². The van der Waals surface area contributed by atoms with Crippen LogP contribution in [0.2, 0.25) is 0 Å². The summed E-state index contributed by atoms with van der Waals surface area (Å²) in [6.07, 6.45) is 0. The van der Waals surface area contributed by atoms with Crippen molar-refractivity contribution in [3.63, 3.8) is 0 Å². The number of rotatable bonds is 3. The minimum atomic E-state index is -0.887. The lowest BCUT2D eigenvalue weighted by Gasteiger charge is -2.18. The van der Waals surface area contributed by atoms with Gasteiger partial charge in [-0.2, -0.15) is 0 Å². The second-order valence-electron chi connectivity index (χ2n) is 2.65. The number of esters is 1. The minimum absolute atomic E-state index is 0.307. The first-order chi connectivity index (χ1) is 5.40. The molecule has 70 valence electrons. The Hall–Kier alpha value is -0.710. The van der Waals surface area contributed by atoms with Gasteiger partial charge in [0, 0.05) is 0 Å². The van der Waals surface area contributed by atoms with E-state index in [2.05, 4.69) is 0 Å². The predicted octanol–water partition coefficient (Wildman–Crippen LogP) is 1.14. The van der Waals surface area contributed by atoms with Crippen molar-refractivity contribution in [3.8, 4) is 0 Å². The highest BCUT2D eigenvalue weighted by Crippen LogP contribution is 2.25. The summed E-state index contributed by atoms with van der Waals surface area (Å²) in [4.78, 5) is 21.7. The second kappa shape index (κ2) is 4.35. The summed E-state index contributed by atoms with van der Waals surface area (Å²) < 4.78 is 3.85. The van der Waals surface area contributed by atoms with Crippen LogP contribution in [0.4, 0.5) is 4.79 Å². The van der Waals surface area contributed by atoms with Crippen molar-refractivity contribution in [2.24, 2.45) is 5.73 Å².